The summed E-state index contributed by atoms with van der Waals surface area (Å²) in [6.45, 7) is 2.22. The van der Waals surface area contributed by atoms with Gasteiger partial charge in [-0.05, 0) is 49.8 Å². The minimum atomic E-state index is -4.02. The van der Waals surface area contributed by atoms with E-state index in [0.29, 0.717) is 18.6 Å². The standard InChI is InChI=1S/C16H21NO2.C7H8O3S/c18-16(19-11-12-6-2-1-3-7-12)15-10-13-8-4-5-9-14(13)17-15;1-6-2-4-7(5-3-6)11(8,9)10/h1-3,6-7,13-15,17H,4-5,8-11H2;2-5H,1H3,(H,8,9,10)/t13-,14-,15-;/m0./s1. The Kier molecular flexibility index (Phi) is 7.64. The van der Waals surface area contributed by atoms with Gasteiger partial charge in [0.25, 0.3) is 10.1 Å². The second-order valence-electron chi connectivity index (χ2n) is 7.99. The molecular formula is C23H29NO5S. The monoisotopic (exact) mass is 431 g/mol. The van der Waals surface area contributed by atoms with E-state index >= 15 is 0 Å². The number of carbonyl (C=O) groups is 1. The molecular weight excluding hydrogens is 402 g/mol. The molecule has 2 aromatic carbocycles. The molecule has 0 unspecified atom stereocenters. The van der Waals surface area contributed by atoms with E-state index in [1.165, 1.54) is 37.8 Å². The summed E-state index contributed by atoms with van der Waals surface area (Å²) in [5, 5.41) is 3.45. The lowest BCUT2D eigenvalue weighted by Gasteiger charge is -2.24. The van der Waals surface area contributed by atoms with Crippen LogP contribution in [0.5, 0.6) is 0 Å². The smallest absolute Gasteiger partial charge is 0.323 e. The number of hydrogen-bond donors (Lipinski definition) is 2. The zero-order chi connectivity index (χ0) is 21.6. The highest BCUT2D eigenvalue weighted by Crippen LogP contribution is 2.33. The van der Waals surface area contributed by atoms with Crippen LogP contribution in [0.3, 0.4) is 0 Å². The summed E-state index contributed by atoms with van der Waals surface area (Å²) >= 11 is 0. The molecule has 2 aromatic rings. The predicted octanol–water partition coefficient (Wildman–Crippen LogP) is 3.89. The molecule has 4 rings (SSSR count). The van der Waals surface area contributed by atoms with Crippen molar-refractivity contribution in [3.63, 3.8) is 0 Å². The second-order valence-corrected chi connectivity index (χ2v) is 9.41. The normalized spacial score (nSPS) is 23.1. The fraction of sp³-hybridized carbons (Fsp3) is 0.435. The first-order chi connectivity index (χ1) is 14.3. The lowest BCUT2D eigenvalue weighted by atomic mass is 9.85. The molecule has 0 aromatic heterocycles. The average Bonchev–Trinajstić information content (AvgIpc) is 3.17. The van der Waals surface area contributed by atoms with Crippen molar-refractivity contribution < 1.29 is 22.5 Å². The number of hydrogen-bond acceptors (Lipinski definition) is 5. The Morgan fingerprint density at radius 1 is 1.07 bits per heavy atom. The second kappa shape index (κ2) is 10.2. The highest BCUT2D eigenvalue weighted by Gasteiger charge is 2.38. The topological polar surface area (TPSA) is 92.7 Å². The van der Waals surface area contributed by atoms with Gasteiger partial charge in [-0.2, -0.15) is 8.42 Å². The van der Waals surface area contributed by atoms with E-state index in [2.05, 4.69) is 5.32 Å². The quantitative estimate of drug-likeness (QED) is 0.564. The number of nitrogens with one attached hydrogen (secondary N) is 1. The van der Waals surface area contributed by atoms with Gasteiger partial charge in [0.05, 0.1) is 4.90 Å². The summed E-state index contributed by atoms with van der Waals surface area (Å²) in [4.78, 5) is 12.0. The molecule has 2 aliphatic rings. The van der Waals surface area contributed by atoms with E-state index < -0.39 is 10.1 Å². The zero-order valence-corrected chi connectivity index (χ0v) is 18.0. The molecule has 0 radical (unpaired) electrons. The SMILES string of the molecule is Cc1ccc(S(=O)(=O)O)cc1.O=C(OCc1ccccc1)[C@@H]1C[C@@H]2CCCC[C@@H]2N1. The number of carbonyl (C=O) groups excluding carboxylic acids is 1. The van der Waals surface area contributed by atoms with Gasteiger partial charge in [0, 0.05) is 6.04 Å². The van der Waals surface area contributed by atoms with Crippen molar-refractivity contribution in [2.45, 2.75) is 62.6 Å². The summed E-state index contributed by atoms with van der Waals surface area (Å²) < 4.78 is 35.0. The number of aryl methyl sites for hydroxylation is 1. The van der Waals surface area contributed by atoms with Crippen LogP contribution in [0.4, 0.5) is 0 Å². The van der Waals surface area contributed by atoms with Crippen LogP contribution in [0.25, 0.3) is 0 Å². The molecule has 1 aliphatic carbocycles. The van der Waals surface area contributed by atoms with Gasteiger partial charge in [-0.3, -0.25) is 9.35 Å². The summed E-state index contributed by atoms with van der Waals surface area (Å²) in [5.74, 6) is 0.598. The fourth-order valence-corrected chi connectivity index (χ4v) is 4.52. The number of ether oxygens (including phenoxy) is 1. The van der Waals surface area contributed by atoms with Crippen LogP contribution in [0, 0.1) is 12.8 Å². The Morgan fingerprint density at radius 3 is 2.37 bits per heavy atom. The van der Waals surface area contributed by atoms with Gasteiger partial charge in [-0.1, -0.05) is 60.9 Å². The van der Waals surface area contributed by atoms with Crippen LogP contribution in [-0.4, -0.2) is 31.0 Å². The molecule has 1 aliphatic heterocycles. The van der Waals surface area contributed by atoms with Gasteiger partial charge >= 0.3 is 5.97 Å². The third-order valence-corrected chi connectivity index (χ3v) is 6.56. The van der Waals surface area contributed by atoms with Crippen molar-refractivity contribution in [3.05, 3.63) is 65.7 Å². The van der Waals surface area contributed by atoms with Crippen molar-refractivity contribution in [2.75, 3.05) is 0 Å². The molecule has 162 valence electrons. The first-order valence-electron chi connectivity index (χ1n) is 10.3. The largest absolute Gasteiger partial charge is 0.460 e. The number of benzene rings is 2. The molecule has 30 heavy (non-hydrogen) atoms. The predicted molar refractivity (Wildman–Crippen MR) is 115 cm³/mol. The van der Waals surface area contributed by atoms with Gasteiger partial charge in [-0.25, -0.2) is 0 Å². The minimum Gasteiger partial charge on any atom is -0.460 e. The Morgan fingerprint density at radius 2 is 1.73 bits per heavy atom. The molecule has 1 saturated heterocycles. The number of esters is 1. The molecule has 1 heterocycles. The van der Waals surface area contributed by atoms with Gasteiger partial charge in [-0.15, -0.1) is 0 Å². The van der Waals surface area contributed by atoms with E-state index in [0.717, 1.165) is 17.5 Å². The third kappa shape index (κ3) is 6.39. The lowest BCUT2D eigenvalue weighted by molar-refractivity contribution is -0.147. The van der Waals surface area contributed by atoms with Gasteiger partial charge in [0.15, 0.2) is 0 Å². The maximum Gasteiger partial charge on any atom is 0.323 e. The van der Waals surface area contributed by atoms with Gasteiger partial charge in [0.1, 0.15) is 12.6 Å². The number of fused-ring (bicyclic) bond motifs is 1. The van der Waals surface area contributed by atoms with Crippen LogP contribution < -0.4 is 5.32 Å². The molecule has 2 fully saturated rings. The van der Waals surface area contributed by atoms with Crippen LogP contribution >= 0.6 is 0 Å². The van der Waals surface area contributed by atoms with E-state index in [1.807, 2.05) is 37.3 Å². The van der Waals surface area contributed by atoms with Crippen molar-refractivity contribution >= 4 is 16.1 Å². The first kappa shape index (κ1) is 22.5. The lowest BCUT2D eigenvalue weighted by Crippen LogP contribution is -2.37. The Bertz CT molecular complexity index is 914. The molecule has 0 bridgehead atoms. The van der Waals surface area contributed by atoms with Crippen molar-refractivity contribution in [2.24, 2.45) is 5.92 Å². The van der Waals surface area contributed by atoms with Crippen LogP contribution in [-0.2, 0) is 26.3 Å². The third-order valence-electron chi connectivity index (χ3n) is 5.69. The summed E-state index contributed by atoms with van der Waals surface area (Å²) in [7, 11) is -4.02. The van der Waals surface area contributed by atoms with E-state index in [1.54, 1.807) is 12.1 Å². The summed E-state index contributed by atoms with van der Waals surface area (Å²) in [6.07, 6.45) is 6.04. The first-order valence-corrected chi connectivity index (χ1v) is 11.8. The van der Waals surface area contributed by atoms with Crippen LogP contribution in [0.2, 0.25) is 0 Å². The zero-order valence-electron chi connectivity index (χ0n) is 17.2. The molecule has 0 amide bonds. The maximum absolute atomic E-state index is 12.1. The molecule has 0 spiro atoms. The Labute approximate surface area is 178 Å². The molecule has 7 heteroatoms. The average molecular weight is 432 g/mol. The van der Waals surface area contributed by atoms with E-state index in [9.17, 15) is 13.2 Å². The van der Waals surface area contributed by atoms with Crippen molar-refractivity contribution in [1.29, 1.82) is 0 Å². The molecule has 1 saturated carbocycles. The van der Waals surface area contributed by atoms with E-state index in [-0.39, 0.29) is 16.9 Å². The molecule has 6 nitrogen and oxygen atoms in total. The van der Waals surface area contributed by atoms with E-state index in [4.69, 9.17) is 9.29 Å². The minimum absolute atomic E-state index is 0.0666. The molecule has 2 N–H and O–H groups in total. The van der Waals surface area contributed by atoms with Crippen molar-refractivity contribution in [3.8, 4) is 0 Å². The Hall–Kier alpha value is -2.22. The molecule has 3 atom stereocenters. The fourth-order valence-electron chi connectivity index (χ4n) is 4.04. The van der Waals surface area contributed by atoms with Gasteiger partial charge < -0.3 is 10.1 Å². The Balaban J connectivity index is 0.000000199. The van der Waals surface area contributed by atoms with Crippen LogP contribution in [0.1, 0.15) is 43.2 Å². The summed E-state index contributed by atoms with van der Waals surface area (Å²) in [5.41, 5.74) is 2.00. The van der Waals surface area contributed by atoms with Gasteiger partial charge in [0.2, 0.25) is 0 Å². The summed E-state index contributed by atoms with van der Waals surface area (Å²) in [6, 6.07) is 16.3. The highest BCUT2D eigenvalue weighted by atomic mass is 32.2. The maximum atomic E-state index is 12.1. The highest BCUT2D eigenvalue weighted by molar-refractivity contribution is 7.85. The van der Waals surface area contributed by atoms with Crippen LogP contribution in [0.15, 0.2) is 59.5 Å². The number of rotatable bonds is 4. The van der Waals surface area contributed by atoms with Crippen molar-refractivity contribution in [1.82, 2.24) is 5.32 Å².